The summed E-state index contributed by atoms with van der Waals surface area (Å²) < 4.78 is 84.9. The van der Waals surface area contributed by atoms with Crippen LogP contribution in [0.25, 0.3) is 0 Å². The Morgan fingerprint density at radius 1 is 0.600 bits per heavy atom. The van der Waals surface area contributed by atoms with Crippen LogP contribution in [-0.4, -0.2) is 106 Å². The average molecular weight is 900 g/mol. The Balaban J connectivity index is 0.000000469. The number of carboxylic acids is 1. The molecular weight excluding hydrogens is 850 g/mol. The van der Waals surface area contributed by atoms with Crippen molar-refractivity contribution in [1.82, 2.24) is 4.31 Å². The quantitative estimate of drug-likeness (QED) is 0.121. The fraction of sp³-hybridized carbons (Fsp3) is 0.325. The molecule has 3 N–H and O–H groups in total. The van der Waals surface area contributed by atoms with Crippen LogP contribution in [-0.2, 0) is 68.7 Å². The van der Waals surface area contributed by atoms with E-state index in [1.165, 1.54) is 78.3 Å². The number of carbonyl (C=O) groups is 3. The second kappa shape index (κ2) is 24.5. The van der Waals surface area contributed by atoms with Gasteiger partial charge in [0.15, 0.2) is 23.0 Å². The van der Waals surface area contributed by atoms with E-state index in [1.54, 1.807) is 7.11 Å². The van der Waals surface area contributed by atoms with Gasteiger partial charge in [-0.05, 0) is 52.9 Å². The van der Waals surface area contributed by atoms with Gasteiger partial charge < -0.3 is 43.7 Å². The molecule has 0 aliphatic rings. The van der Waals surface area contributed by atoms with Crippen molar-refractivity contribution in [3.05, 3.63) is 101 Å². The van der Waals surface area contributed by atoms with Crippen molar-refractivity contribution in [2.75, 3.05) is 56.8 Å². The molecule has 0 spiro atoms. The van der Waals surface area contributed by atoms with Crippen LogP contribution < -0.4 is 23.7 Å². The SMILES string of the molecule is COC(=O)Cc1cc(OC)c(OC)cc1S(=O)(=O)Cl.COC(=O)Cc1ccc(C)c(OC)c1.COc1cc(CC(=O)O)c(S(=O)(=O)N(C)Cc2ccccc2)cc1OC.O. The summed E-state index contributed by atoms with van der Waals surface area (Å²) in [5.74, 6) is -0.182. The van der Waals surface area contributed by atoms with Gasteiger partial charge in [0.25, 0.3) is 9.05 Å². The van der Waals surface area contributed by atoms with Gasteiger partial charge in [0.1, 0.15) is 5.75 Å². The van der Waals surface area contributed by atoms with E-state index in [4.69, 9.17) is 39.5 Å². The normalized spacial score (nSPS) is 10.7. The van der Waals surface area contributed by atoms with Crippen molar-refractivity contribution in [3.63, 3.8) is 0 Å². The third kappa shape index (κ3) is 15.2. The summed E-state index contributed by atoms with van der Waals surface area (Å²) in [4.78, 5) is 33.1. The number of nitrogens with zero attached hydrogens (tertiary/aromatic N) is 1. The summed E-state index contributed by atoms with van der Waals surface area (Å²) in [6, 6.07) is 20.1. The Morgan fingerprint density at radius 3 is 1.50 bits per heavy atom. The summed E-state index contributed by atoms with van der Waals surface area (Å²) >= 11 is 0. The predicted molar refractivity (Wildman–Crippen MR) is 221 cm³/mol. The molecule has 4 aromatic carbocycles. The molecule has 0 bridgehead atoms. The van der Waals surface area contributed by atoms with Gasteiger partial charge in [0.05, 0.1) is 78.8 Å². The number of sulfonamides is 1. The lowest BCUT2D eigenvalue weighted by molar-refractivity contribution is -0.140. The summed E-state index contributed by atoms with van der Waals surface area (Å²) in [6.07, 6.45) is -0.403. The number of aryl methyl sites for hydroxylation is 1. The monoisotopic (exact) mass is 899 g/mol. The predicted octanol–water partition coefficient (Wildman–Crippen LogP) is 4.39. The molecule has 0 radical (unpaired) electrons. The minimum atomic E-state index is -4.02. The number of rotatable bonds is 16. The van der Waals surface area contributed by atoms with Gasteiger partial charge in [-0.15, -0.1) is 0 Å². The van der Waals surface area contributed by atoms with E-state index in [2.05, 4.69) is 9.47 Å². The summed E-state index contributed by atoms with van der Waals surface area (Å²) in [6.45, 7) is 2.12. The molecule has 0 aromatic heterocycles. The summed E-state index contributed by atoms with van der Waals surface area (Å²) in [5.41, 5.74) is 3.09. The third-order valence-corrected chi connectivity index (χ3v) is 11.6. The molecule has 330 valence electrons. The van der Waals surface area contributed by atoms with Crippen molar-refractivity contribution >= 4 is 47.7 Å². The van der Waals surface area contributed by atoms with E-state index >= 15 is 0 Å². The van der Waals surface area contributed by atoms with Crippen LogP contribution >= 0.6 is 10.7 Å². The van der Waals surface area contributed by atoms with E-state index in [-0.39, 0.29) is 69.0 Å². The molecule has 0 aliphatic carbocycles. The largest absolute Gasteiger partial charge is 0.496 e. The number of benzene rings is 4. The van der Waals surface area contributed by atoms with Crippen LogP contribution in [0, 0.1) is 6.92 Å². The minimum absolute atomic E-state index is 0. The van der Waals surface area contributed by atoms with Crippen LogP contribution in [0.1, 0.15) is 27.8 Å². The maximum Gasteiger partial charge on any atom is 0.310 e. The van der Waals surface area contributed by atoms with Crippen molar-refractivity contribution < 1.29 is 75.0 Å². The molecule has 0 unspecified atom stereocenters. The Kier molecular flexibility index (Phi) is 21.4. The maximum atomic E-state index is 13.0. The Morgan fingerprint density at radius 2 is 1.05 bits per heavy atom. The van der Waals surface area contributed by atoms with Gasteiger partial charge in [-0.1, -0.05) is 42.5 Å². The topological polar surface area (TPSA) is 239 Å². The molecule has 0 saturated carbocycles. The molecule has 0 saturated heterocycles. The number of hydrogen-bond donors (Lipinski definition) is 1. The molecule has 0 aliphatic heterocycles. The third-order valence-electron chi connectivity index (χ3n) is 8.29. The first kappa shape index (κ1) is 52.4. The lowest BCUT2D eigenvalue weighted by Gasteiger charge is -2.20. The highest BCUT2D eigenvalue weighted by Gasteiger charge is 2.28. The maximum absolute atomic E-state index is 13.0. The fourth-order valence-corrected chi connectivity index (χ4v) is 7.74. The number of carboxylic acid groups (broad SMARTS) is 1. The van der Waals surface area contributed by atoms with Gasteiger partial charge in [-0.3, -0.25) is 14.4 Å². The Hall–Kier alpha value is -5.60. The molecular formula is C40H50ClNO16S2. The van der Waals surface area contributed by atoms with Crippen LogP contribution in [0.3, 0.4) is 0 Å². The van der Waals surface area contributed by atoms with E-state index in [0.29, 0.717) is 5.75 Å². The van der Waals surface area contributed by atoms with Gasteiger partial charge >= 0.3 is 17.9 Å². The zero-order chi connectivity index (χ0) is 44.5. The number of methoxy groups -OCH3 is 7. The second-order valence-corrected chi connectivity index (χ2v) is 16.7. The second-order valence-electron chi connectivity index (χ2n) is 12.2. The van der Waals surface area contributed by atoms with Gasteiger partial charge in [0.2, 0.25) is 10.0 Å². The van der Waals surface area contributed by atoms with Crippen molar-refractivity contribution in [2.24, 2.45) is 0 Å². The smallest absolute Gasteiger partial charge is 0.310 e. The van der Waals surface area contributed by atoms with Crippen LogP contribution in [0.4, 0.5) is 0 Å². The van der Waals surface area contributed by atoms with E-state index < -0.39 is 37.4 Å². The van der Waals surface area contributed by atoms with Crippen molar-refractivity contribution in [3.8, 4) is 28.7 Å². The van der Waals surface area contributed by atoms with E-state index in [0.717, 1.165) is 22.4 Å². The first-order valence-electron chi connectivity index (χ1n) is 17.2. The molecule has 17 nitrogen and oxygen atoms in total. The highest BCUT2D eigenvalue weighted by Crippen LogP contribution is 2.36. The molecule has 0 fully saturated rings. The van der Waals surface area contributed by atoms with E-state index in [1.807, 2.05) is 55.5 Å². The fourth-order valence-electron chi connectivity index (χ4n) is 5.25. The first-order valence-corrected chi connectivity index (χ1v) is 21.0. The van der Waals surface area contributed by atoms with Crippen LogP contribution in [0.5, 0.6) is 28.7 Å². The number of esters is 2. The first-order chi connectivity index (χ1) is 27.8. The number of carbonyl (C=O) groups excluding carboxylic acids is 2. The Bertz CT molecular complexity index is 2290. The zero-order valence-electron chi connectivity index (χ0n) is 34.6. The summed E-state index contributed by atoms with van der Waals surface area (Å²) in [5, 5.41) is 9.14. The number of aliphatic carboxylic acids is 1. The number of hydrogen-bond acceptors (Lipinski definition) is 14. The van der Waals surface area contributed by atoms with E-state index in [9.17, 15) is 31.2 Å². The molecule has 60 heavy (non-hydrogen) atoms. The van der Waals surface area contributed by atoms with Gasteiger partial charge in [0, 0.05) is 36.4 Å². The number of halogens is 1. The Labute approximate surface area is 354 Å². The molecule has 4 aromatic rings. The lowest BCUT2D eigenvalue weighted by Crippen LogP contribution is -2.27. The molecule has 0 amide bonds. The summed E-state index contributed by atoms with van der Waals surface area (Å²) in [7, 11) is 8.59. The van der Waals surface area contributed by atoms with Crippen LogP contribution in [0.2, 0.25) is 0 Å². The number of ether oxygens (including phenoxy) is 7. The zero-order valence-corrected chi connectivity index (χ0v) is 36.9. The highest BCUT2D eigenvalue weighted by molar-refractivity contribution is 8.13. The molecule has 0 atom stereocenters. The van der Waals surface area contributed by atoms with Crippen molar-refractivity contribution in [2.45, 2.75) is 42.5 Å². The van der Waals surface area contributed by atoms with Crippen LogP contribution in [0.15, 0.2) is 82.6 Å². The molecule has 20 heteroatoms. The minimum Gasteiger partial charge on any atom is -0.496 e. The van der Waals surface area contributed by atoms with Gasteiger partial charge in [-0.2, -0.15) is 4.31 Å². The lowest BCUT2D eigenvalue weighted by atomic mass is 10.1. The average Bonchev–Trinajstić information content (AvgIpc) is 3.21. The van der Waals surface area contributed by atoms with Gasteiger partial charge in [-0.25, -0.2) is 16.8 Å². The van der Waals surface area contributed by atoms with Crippen molar-refractivity contribution in [1.29, 1.82) is 0 Å². The highest BCUT2D eigenvalue weighted by atomic mass is 35.7. The molecule has 4 rings (SSSR count). The standard InChI is InChI=1S/C18H21NO6S.C11H13ClO6S.C11H14O3.H2O/c1-19(12-13-7-5-4-6-8-13)26(22,23)17-11-16(25-3)15(24-2)9-14(17)10-18(20)21;1-16-8-4-7(5-11(13)18-3)10(19(12,14)15)6-9(8)17-2;1-8-4-5-9(6-10(8)13-2)7-11(12)14-3;/h4-9,11H,10,12H2,1-3H3,(H,20,21);4,6H,5H2,1-3H3;4-6H,7H2,1-3H3;1H2. The molecule has 0 heterocycles.